The molecule has 39 heavy (non-hydrogen) atoms. The largest absolute Gasteiger partial charge is 0.481 e. The number of carboxylic acid groups (broad SMARTS) is 1. The Labute approximate surface area is 234 Å². The summed E-state index contributed by atoms with van der Waals surface area (Å²) in [6, 6.07) is 8.45. The predicted molar refractivity (Wildman–Crippen MR) is 154 cm³/mol. The fraction of sp³-hybridized carbons (Fsp3) is 0.645. The van der Waals surface area contributed by atoms with Crippen LogP contribution in [0.15, 0.2) is 30.3 Å². The Morgan fingerprint density at radius 2 is 1.64 bits per heavy atom. The highest BCUT2D eigenvalue weighted by molar-refractivity contribution is 5.86. The third kappa shape index (κ3) is 10.6. The van der Waals surface area contributed by atoms with Crippen molar-refractivity contribution in [3.63, 3.8) is 0 Å². The first kappa shape index (κ1) is 32.8. The monoisotopic (exact) mass is 543 g/mol. The van der Waals surface area contributed by atoms with Gasteiger partial charge in [-0.05, 0) is 72.3 Å². The lowest BCUT2D eigenvalue weighted by Gasteiger charge is -2.37. The molecule has 4 N–H and O–H groups in total. The van der Waals surface area contributed by atoms with Gasteiger partial charge in [0.25, 0.3) is 0 Å². The van der Waals surface area contributed by atoms with E-state index in [4.69, 9.17) is 0 Å². The zero-order chi connectivity index (χ0) is 29.2. The van der Waals surface area contributed by atoms with E-state index in [1.54, 1.807) is 6.92 Å². The SMILES string of the molecule is C[C@@H](C(=O)N[C@@H](Cc1ccccc1)[C@H](O)CN1C[CH]CCCC[CH]C[C@H]1C(=O)NC(C)(C)C)C(C)(C)C(=O)O. The Bertz CT molecular complexity index is 928. The van der Waals surface area contributed by atoms with Gasteiger partial charge in [0.05, 0.1) is 29.5 Å². The summed E-state index contributed by atoms with van der Waals surface area (Å²) in [6.45, 7) is 11.2. The second-order valence-electron chi connectivity index (χ2n) is 12.4. The first-order chi connectivity index (χ1) is 18.2. The molecule has 0 bridgehead atoms. The van der Waals surface area contributed by atoms with Crippen LogP contribution < -0.4 is 10.6 Å². The second kappa shape index (κ2) is 14.8. The first-order valence-corrected chi connectivity index (χ1v) is 14.2. The molecule has 8 nitrogen and oxygen atoms in total. The molecule has 218 valence electrons. The van der Waals surface area contributed by atoms with Gasteiger partial charge in [0.1, 0.15) is 0 Å². The molecule has 0 aliphatic carbocycles. The second-order valence-corrected chi connectivity index (χ2v) is 12.4. The van der Waals surface area contributed by atoms with E-state index in [2.05, 4.69) is 23.5 Å². The average Bonchev–Trinajstić information content (AvgIpc) is 2.86. The van der Waals surface area contributed by atoms with E-state index < -0.39 is 46.9 Å². The molecule has 8 heteroatoms. The Morgan fingerprint density at radius 1 is 1.03 bits per heavy atom. The summed E-state index contributed by atoms with van der Waals surface area (Å²) in [5.74, 6) is -2.38. The lowest BCUT2D eigenvalue weighted by atomic mass is 9.79. The molecule has 1 saturated heterocycles. The number of aliphatic hydroxyl groups excluding tert-OH is 1. The minimum absolute atomic E-state index is 0.0830. The summed E-state index contributed by atoms with van der Waals surface area (Å²) in [7, 11) is 0. The van der Waals surface area contributed by atoms with E-state index in [-0.39, 0.29) is 12.5 Å². The topological polar surface area (TPSA) is 119 Å². The van der Waals surface area contributed by atoms with Gasteiger partial charge in [-0.15, -0.1) is 0 Å². The number of nitrogens with one attached hydrogen (secondary N) is 2. The molecule has 2 amide bonds. The molecule has 0 saturated carbocycles. The van der Waals surface area contributed by atoms with E-state index in [0.717, 1.165) is 31.2 Å². The number of nitrogens with zero attached hydrogens (tertiary/aromatic N) is 1. The lowest BCUT2D eigenvalue weighted by Crippen LogP contribution is -2.57. The van der Waals surface area contributed by atoms with Crippen molar-refractivity contribution >= 4 is 17.8 Å². The number of benzene rings is 1. The number of carbonyl (C=O) groups excluding carboxylic acids is 2. The summed E-state index contributed by atoms with van der Waals surface area (Å²) < 4.78 is 0. The van der Waals surface area contributed by atoms with E-state index in [0.29, 0.717) is 19.4 Å². The van der Waals surface area contributed by atoms with Crippen molar-refractivity contribution in [2.24, 2.45) is 11.3 Å². The van der Waals surface area contributed by atoms with Crippen LogP contribution in [0.1, 0.15) is 79.2 Å². The van der Waals surface area contributed by atoms with Gasteiger partial charge in [0.15, 0.2) is 0 Å². The van der Waals surface area contributed by atoms with Crippen molar-refractivity contribution in [3.05, 3.63) is 48.7 Å². The van der Waals surface area contributed by atoms with Crippen LogP contribution in [0.4, 0.5) is 0 Å². The van der Waals surface area contributed by atoms with Crippen LogP contribution in [0.3, 0.4) is 0 Å². The number of amides is 2. The molecule has 1 aromatic rings. The van der Waals surface area contributed by atoms with E-state index >= 15 is 0 Å². The summed E-state index contributed by atoms with van der Waals surface area (Å²) in [5, 5.41) is 27.2. The number of aliphatic hydroxyl groups is 1. The van der Waals surface area contributed by atoms with Crippen molar-refractivity contribution in [1.82, 2.24) is 15.5 Å². The Balaban J connectivity index is 2.31. The maximum Gasteiger partial charge on any atom is 0.309 e. The number of hydrogen-bond donors (Lipinski definition) is 4. The number of β-amino-alcohol motifs (C(OH)–C–C–N with tert-alkyl or cyclic N) is 1. The maximum absolute atomic E-state index is 13.4. The van der Waals surface area contributed by atoms with Crippen LogP contribution in [-0.2, 0) is 20.8 Å². The van der Waals surface area contributed by atoms with Crippen LogP contribution >= 0.6 is 0 Å². The predicted octanol–water partition coefficient (Wildman–Crippen LogP) is 3.78. The van der Waals surface area contributed by atoms with Gasteiger partial charge in [0.2, 0.25) is 11.8 Å². The molecule has 1 heterocycles. The molecule has 1 aliphatic heterocycles. The number of carbonyl (C=O) groups is 3. The highest BCUT2D eigenvalue weighted by Crippen LogP contribution is 2.27. The maximum atomic E-state index is 13.4. The van der Waals surface area contributed by atoms with E-state index in [1.807, 2.05) is 56.0 Å². The van der Waals surface area contributed by atoms with Crippen LogP contribution in [0.25, 0.3) is 0 Å². The fourth-order valence-electron chi connectivity index (χ4n) is 4.65. The molecule has 4 atom stereocenters. The molecule has 0 aromatic heterocycles. The molecule has 1 aromatic carbocycles. The molecule has 1 aliphatic rings. The minimum Gasteiger partial charge on any atom is -0.481 e. The Morgan fingerprint density at radius 3 is 2.23 bits per heavy atom. The normalized spacial score (nSPS) is 20.3. The van der Waals surface area contributed by atoms with Crippen LogP contribution in [0.5, 0.6) is 0 Å². The molecule has 0 unspecified atom stereocenters. The van der Waals surface area contributed by atoms with Crippen molar-refractivity contribution in [3.8, 4) is 0 Å². The van der Waals surface area contributed by atoms with Gasteiger partial charge in [0, 0.05) is 18.6 Å². The quantitative estimate of drug-likeness (QED) is 0.357. The van der Waals surface area contributed by atoms with Gasteiger partial charge in [-0.25, -0.2) is 0 Å². The molecule has 2 rings (SSSR count). The fourth-order valence-corrected chi connectivity index (χ4v) is 4.65. The zero-order valence-corrected chi connectivity index (χ0v) is 24.6. The van der Waals surface area contributed by atoms with Crippen molar-refractivity contribution < 1.29 is 24.6 Å². The number of rotatable bonds is 10. The number of hydrogen-bond acceptors (Lipinski definition) is 5. The summed E-state index contributed by atoms with van der Waals surface area (Å²) in [5.41, 5.74) is -0.723. The van der Waals surface area contributed by atoms with Crippen molar-refractivity contribution in [2.75, 3.05) is 13.1 Å². The highest BCUT2D eigenvalue weighted by atomic mass is 16.4. The van der Waals surface area contributed by atoms with Gasteiger partial charge >= 0.3 is 5.97 Å². The zero-order valence-electron chi connectivity index (χ0n) is 24.6. The summed E-state index contributed by atoms with van der Waals surface area (Å²) >= 11 is 0. The standard InChI is InChI=1S/C31H49N3O5/c1-22(31(5,6)29(38)39)27(36)32-24(20-23-16-12-11-13-17-23)26(35)21-34-19-15-10-8-7-9-14-18-25(34)28(37)33-30(2,3)4/h11-17,22,24-26,35H,7-10,18-21H2,1-6H3,(H,32,36)(H,33,37)(H,38,39)/t22-,24-,25-,26+/m0/s1. The lowest BCUT2D eigenvalue weighted by molar-refractivity contribution is -0.153. The Hall–Kier alpha value is -2.45. The summed E-state index contributed by atoms with van der Waals surface area (Å²) in [6.07, 6.45) is 8.31. The third-order valence-electron chi connectivity index (χ3n) is 7.60. The van der Waals surface area contributed by atoms with Crippen LogP contribution in [0, 0.1) is 24.2 Å². The smallest absolute Gasteiger partial charge is 0.309 e. The summed E-state index contributed by atoms with van der Waals surface area (Å²) in [4.78, 5) is 40.4. The minimum atomic E-state index is -1.27. The van der Waals surface area contributed by atoms with Crippen LogP contribution in [0.2, 0.25) is 0 Å². The average molecular weight is 544 g/mol. The van der Waals surface area contributed by atoms with Gasteiger partial charge in [-0.2, -0.15) is 0 Å². The van der Waals surface area contributed by atoms with Gasteiger partial charge in [-0.3, -0.25) is 19.3 Å². The van der Waals surface area contributed by atoms with E-state index in [9.17, 15) is 24.6 Å². The van der Waals surface area contributed by atoms with E-state index in [1.165, 1.54) is 13.8 Å². The molecule has 1 fully saturated rings. The molecule has 2 radical (unpaired) electrons. The molecular formula is C31H49N3O5. The van der Waals surface area contributed by atoms with Crippen molar-refractivity contribution in [1.29, 1.82) is 0 Å². The van der Waals surface area contributed by atoms with Gasteiger partial charge < -0.3 is 20.8 Å². The number of aliphatic carboxylic acids is 1. The highest BCUT2D eigenvalue weighted by Gasteiger charge is 2.40. The number of carboxylic acids is 1. The molecular weight excluding hydrogens is 494 g/mol. The Kier molecular flexibility index (Phi) is 12.4. The van der Waals surface area contributed by atoms with Crippen molar-refractivity contribution in [2.45, 2.75) is 104 Å². The molecule has 0 spiro atoms. The van der Waals surface area contributed by atoms with Gasteiger partial charge in [-0.1, -0.05) is 56.5 Å². The third-order valence-corrected chi connectivity index (χ3v) is 7.60. The van der Waals surface area contributed by atoms with Crippen LogP contribution in [-0.4, -0.2) is 69.7 Å². The first-order valence-electron chi connectivity index (χ1n) is 14.2.